The number of rotatable bonds is 12. The van der Waals surface area contributed by atoms with Crippen molar-refractivity contribution in [1.29, 1.82) is 0 Å². The minimum atomic E-state index is -1.41. The second-order valence-electron chi connectivity index (χ2n) is 4.59. The van der Waals surface area contributed by atoms with Crippen molar-refractivity contribution in [3.8, 4) is 0 Å². The van der Waals surface area contributed by atoms with E-state index >= 15 is 0 Å². The van der Waals surface area contributed by atoms with Gasteiger partial charge in [-0.25, -0.2) is 5.26 Å². The topological polar surface area (TPSA) is 182 Å². The zero-order chi connectivity index (χ0) is 18.2. The molecule has 0 aromatic rings. The van der Waals surface area contributed by atoms with E-state index in [9.17, 15) is 19.2 Å². The summed E-state index contributed by atoms with van der Waals surface area (Å²) in [7, 11) is 0. The molecule has 0 radical (unpaired) electrons. The molecule has 0 rings (SSSR count). The molecule has 0 fully saturated rings. The fourth-order valence-corrected chi connectivity index (χ4v) is 2.10. The molecule has 11 heteroatoms. The van der Waals surface area contributed by atoms with Gasteiger partial charge in [-0.2, -0.15) is 0 Å². The van der Waals surface area contributed by atoms with Crippen LogP contribution < -0.4 is 0 Å². The van der Waals surface area contributed by atoms with E-state index in [1.54, 1.807) is 0 Å². The summed E-state index contributed by atoms with van der Waals surface area (Å²) in [5.74, 6) is -6.27. The quantitative estimate of drug-likeness (QED) is 0.182. The summed E-state index contributed by atoms with van der Waals surface area (Å²) >= 11 is 0. The van der Waals surface area contributed by atoms with Crippen LogP contribution in [0.2, 0.25) is 0 Å². The van der Waals surface area contributed by atoms with Crippen molar-refractivity contribution >= 4 is 23.9 Å². The van der Waals surface area contributed by atoms with Crippen molar-refractivity contribution in [2.45, 2.75) is 37.8 Å². The Morgan fingerprint density at radius 3 is 1.22 bits per heavy atom. The SMILES string of the molecule is C=C(OO)N(C(CC(=O)O)CC(=O)O)C(CC(=O)O)CC(=O)O. The van der Waals surface area contributed by atoms with E-state index in [1.807, 2.05) is 0 Å². The number of hydrogen-bond acceptors (Lipinski definition) is 7. The van der Waals surface area contributed by atoms with Gasteiger partial charge in [0.15, 0.2) is 0 Å². The number of nitrogens with zero attached hydrogens (tertiary/aromatic N) is 1. The molecular formula is C12H17NO10. The smallest absolute Gasteiger partial charge is 0.305 e. The Balaban J connectivity index is 5.72. The van der Waals surface area contributed by atoms with Gasteiger partial charge in [0, 0.05) is 0 Å². The van der Waals surface area contributed by atoms with Crippen molar-refractivity contribution < 1.29 is 49.7 Å². The van der Waals surface area contributed by atoms with Crippen LogP contribution in [0.4, 0.5) is 0 Å². The molecule has 0 aromatic carbocycles. The zero-order valence-corrected chi connectivity index (χ0v) is 11.9. The van der Waals surface area contributed by atoms with Gasteiger partial charge in [0.05, 0.1) is 37.8 Å². The van der Waals surface area contributed by atoms with Crippen LogP contribution in [-0.2, 0) is 24.1 Å². The molecule has 0 aliphatic carbocycles. The molecule has 5 N–H and O–H groups in total. The lowest BCUT2D eigenvalue weighted by molar-refractivity contribution is -0.231. The summed E-state index contributed by atoms with van der Waals surface area (Å²) in [4.78, 5) is 48.2. The van der Waals surface area contributed by atoms with Gasteiger partial charge in [0.2, 0.25) is 5.88 Å². The van der Waals surface area contributed by atoms with Gasteiger partial charge in [0.1, 0.15) is 0 Å². The van der Waals surface area contributed by atoms with Gasteiger partial charge in [0.25, 0.3) is 0 Å². The number of carboxylic acids is 4. The molecule has 0 saturated carbocycles. The zero-order valence-electron chi connectivity index (χ0n) is 11.9. The molecule has 130 valence electrons. The van der Waals surface area contributed by atoms with Crippen molar-refractivity contribution in [2.24, 2.45) is 0 Å². The van der Waals surface area contributed by atoms with E-state index in [1.165, 1.54) is 0 Å². The molecule has 0 saturated heterocycles. The maximum absolute atomic E-state index is 10.9. The van der Waals surface area contributed by atoms with Gasteiger partial charge in [-0.1, -0.05) is 0 Å². The lowest BCUT2D eigenvalue weighted by Crippen LogP contribution is -2.46. The Kier molecular flexibility index (Phi) is 8.12. The molecule has 0 aliphatic rings. The van der Waals surface area contributed by atoms with Crippen molar-refractivity contribution in [1.82, 2.24) is 4.90 Å². The molecule has 0 aliphatic heterocycles. The van der Waals surface area contributed by atoms with E-state index < -0.39 is 67.5 Å². The van der Waals surface area contributed by atoms with Gasteiger partial charge in [-0.15, -0.1) is 0 Å². The third-order valence-electron chi connectivity index (χ3n) is 2.82. The van der Waals surface area contributed by atoms with E-state index in [-0.39, 0.29) is 0 Å². The van der Waals surface area contributed by atoms with Crippen molar-refractivity contribution in [3.05, 3.63) is 12.5 Å². The number of carbonyl (C=O) groups is 4. The standard InChI is InChI=1S/C12H17NO10/c1-6(23-22)13(7(2-9(14)15)3-10(16)17)8(4-11(18)19)5-12(20)21/h7-8,22H,1-5H2,(H,14,15)(H,16,17)(H,18,19)(H,20,21). The normalized spacial score (nSPS) is 10.4. The van der Waals surface area contributed by atoms with Crippen molar-refractivity contribution in [3.63, 3.8) is 0 Å². The maximum atomic E-state index is 10.9. The largest absolute Gasteiger partial charge is 0.481 e. The fourth-order valence-electron chi connectivity index (χ4n) is 2.10. The highest BCUT2D eigenvalue weighted by Crippen LogP contribution is 2.23. The molecule has 0 heterocycles. The first kappa shape index (κ1) is 20.2. The Morgan fingerprint density at radius 1 is 0.783 bits per heavy atom. The van der Waals surface area contributed by atoms with Crippen LogP contribution in [0, 0.1) is 0 Å². The van der Waals surface area contributed by atoms with E-state index in [2.05, 4.69) is 11.5 Å². The molecule has 0 spiro atoms. The van der Waals surface area contributed by atoms with Crippen LogP contribution in [-0.4, -0.2) is 66.5 Å². The van der Waals surface area contributed by atoms with Gasteiger partial charge in [-0.05, 0) is 6.58 Å². The fraction of sp³-hybridized carbons (Fsp3) is 0.500. The second-order valence-corrected chi connectivity index (χ2v) is 4.59. The third-order valence-corrected chi connectivity index (χ3v) is 2.82. The predicted molar refractivity (Wildman–Crippen MR) is 71.3 cm³/mol. The van der Waals surface area contributed by atoms with Crippen LogP contribution >= 0.6 is 0 Å². The molecule has 0 amide bonds. The van der Waals surface area contributed by atoms with Crippen LogP contribution in [0.1, 0.15) is 25.7 Å². The Bertz CT molecular complexity index is 420. The third kappa shape index (κ3) is 7.66. The number of carboxylic acid groups (broad SMARTS) is 4. The molecule has 0 bridgehead atoms. The van der Waals surface area contributed by atoms with Crippen LogP contribution in [0.3, 0.4) is 0 Å². The van der Waals surface area contributed by atoms with Crippen LogP contribution in [0.25, 0.3) is 0 Å². The Labute approximate surface area is 129 Å². The minimum Gasteiger partial charge on any atom is -0.481 e. The maximum Gasteiger partial charge on any atom is 0.305 e. The Morgan fingerprint density at radius 2 is 1.04 bits per heavy atom. The van der Waals surface area contributed by atoms with E-state index in [0.717, 1.165) is 4.90 Å². The molecular weight excluding hydrogens is 318 g/mol. The molecule has 0 aromatic heterocycles. The van der Waals surface area contributed by atoms with Gasteiger partial charge < -0.3 is 30.2 Å². The predicted octanol–water partition coefficient (Wildman–Crippen LogP) is -0.115. The summed E-state index contributed by atoms with van der Waals surface area (Å²) in [6.45, 7) is 3.23. The van der Waals surface area contributed by atoms with Crippen LogP contribution in [0.15, 0.2) is 12.5 Å². The minimum absolute atomic E-state index is 0.648. The second kappa shape index (κ2) is 9.25. The molecule has 11 nitrogen and oxygen atoms in total. The summed E-state index contributed by atoms with van der Waals surface area (Å²) < 4.78 is 0. The van der Waals surface area contributed by atoms with Crippen LogP contribution in [0.5, 0.6) is 0 Å². The first-order valence-corrected chi connectivity index (χ1v) is 6.24. The lowest BCUT2D eigenvalue weighted by Gasteiger charge is -2.36. The summed E-state index contributed by atoms with van der Waals surface area (Å²) in [6, 6.07) is -2.73. The monoisotopic (exact) mass is 335 g/mol. The average molecular weight is 335 g/mol. The van der Waals surface area contributed by atoms with E-state index in [4.69, 9.17) is 25.7 Å². The summed E-state index contributed by atoms with van der Waals surface area (Å²) in [5, 5.41) is 44.2. The Hall–Kier alpha value is -2.82. The highest BCUT2D eigenvalue weighted by molar-refractivity contribution is 5.73. The van der Waals surface area contributed by atoms with Crippen molar-refractivity contribution in [2.75, 3.05) is 0 Å². The molecule has 23 heavy (non-hydrogen) atoms. The summed E-state index contributed by atoms with van der Waals surface area (Å²) in [6.07, 6.45) is -3.04. The first-order chi connectivity index (χ1) is 10.6. The van der Waals surface area contributed by atoms with Gasteiger partial charge in [-0.3, -0.25) is 19.2 Å². The highest BCUT2D eigenvalue weighted by atomic mass is 17.1. The van der Waals surface area contributed by atoms with E-state index in [0.29, 0.717) is 0 Å². The lowest BCUT2D eigenvalue weighted by atomic mass is 10.0. The molecule has 0 unspecified atom stereocenters. The summed E-state index contributed by atoms with van der Waals surface area (Å²) in [5.41, 5.74) is 0. The van der Waals surface area contributed by atoms with Gasteiger partial charge >= 0.3 is 23.9 Å². The average Bonchev–Trinajstić information content (AvgIpc) is 2.35. The number of hydrogen-bond donors (Lipinski definition) is 5. The highest BCUT2D eigenvalue weighted by Gasteiger charge is 2.34. The first-order valence-electron chi connectivity index (χ1n) is 6.24. The molecule has 0 atom stereocenters. The number of aliphatic carboxylic acids is 4.